The van der Waals surface area contributed by atoms with Crippen LogP contribution >= 0.6 is 0 Å². The Balaban J connectivity index is 1.89. The number of hydrogen-bond donors (Lipinski definition) is 3. The molecule has 1 heterocycles. The lowest BCUT2D eigenvalue weighted by Crippen LogP contribution is -2.40. The molecular formula is C24H28FN5O2. The van der Waals surface area contributed by atoms with Crippen molar-refractivity contribution in [2.45, 2.75) is 45.9 Å². The first-order valence-electron chi connectivity index (χ1n) is 10.3. The topological polar surface area (TPSA) is 90.4 Å². The number of aliphatic hydroxyl groups is 1. The Morgan fingerprint density at radius 2 is 1.84 bits per heavy atom. The number of anilines is 3. The molecule has 3 N–H and O–H groups in total. The van der Waals surface area contributed by atoms with Crippen molar-refractivity contribution in [2.24, 2.45) is 0 Å². The van der Waals surface area contributed by atoms with Crippen LogP contribution in [-0.2, 0) is 6.54 Å². The van der Waals surface area contributed by atoms with Crippen molar-refractivity contribution in [3.8, 4) is 0 Å². The Morgan fingerprint density at radius 1 is 1.16 bits per heavy atom. The van der Waals surface area contributed by atoms with E-state index >= 15 is 0 Å². The third kappa shape index (κ3) is 5.79. The standard InChI is InChI=1S/C24H28FN5O2/c1-16-7-5-6-8-18(16)15-27-23(31)30(20-11-9-19(25)10-12-20)21-13-14-26-22(29-21)28-17(2)24(3,4)32/h5-14,17,32H,15H2,1-4H3,(H,27,31)(H,26,28,29)/t17-/m0/s1. The van der Waals surface area contributed by atoms with Crippen molar-refractivity contribution in [3.63, 3.8) is 0 Å². The van der Waals surface area contributed by atoms with Crippen LogP contribution in [0, 0.1) is 12.7 Å². The molecule has 7 nitrogen and oxygen atoms in total. The molecule has 3 aromatic rings. The van der Waals surface area contributed by atoms with Gasteiger partial charge in [-0.15, -0.1) is 0 Å². The Hall–Kier alpha value is -3.52. The summed E-state index contributed by atoms with van der Waals surface area (Å²) in [5.74, 6) is 0.161. The molecule has 0 unspecified atom stereocenters. The number of hydrogen-bond acceptors (Lipinski definition) is 5. The van der Waals surface area contributed by atoms with Gasteiger partial charge >= 0.3 is 6.03 Å². The second-order valence-electron chi connectivity index (χ2n) is 8.16. The number of nitrogens with zero attached hydrogens (tertiary/aromatic N) is 3. The normalized spacial score (nSPS) is 12.2. The van der Waals surface area contributed by atoms with Gasteiger partial charge in [0.2, 0.25) is 5.95 Å². The fourth-order valence-electron chi connectivity index (χ4n) is 2.92. The molecule has 1 atom stereocenters. The smallest absolute Gasteiger partial charge is 0.327 e. The minimum Gasteiger partial charge on any atom is -0.388 e. The first kappa shape index (κ1) is 23.1. The van der Waals surface area contributed by atoms with Gasteiger partial charge in [-0.25, -0.2) is 19.1 Å². The SMILES string of the molecule is Cc1ccccc1CNC(=O)N(c1ccc(F)cc1)c1ccnc(N[C@@H](C)C(C)(C)O)n1. The van der Waals surface area contributed by atoms with E-state index < -0.39 is 17.4 Å². The molecule has 0 saturated heterocycles. The minimum atomic E-state index is -0.999. The maximum atomic E-state index is 13.5. The molecule has 1 aromatic heterocycles. The van der Waals surface area contributed by atoms with Crippen LogP contribution in [0.2, 0.25) is 0 Å². The summed E-state index contributed by atoms with van der Waals surface area (Å²) in [6, 6.07) is 14.2. The number of aryl methyl sites for hydroxylation is 1. The van der Waals surface area contributed by atoms with Crippen LogP contribution in [0.3, 0.4) is 0 Å². The third-order valence-electron chi connectivity index (χ3n) is 5.25. The van der Waals surface area contributed by atoms with E-state index in [1.807, 2.05) is 38.1 Å². The number of rotatable bonds is 7. The molecule has 32 heavy (non-hydrogen) atoms. The van der Waals surface area contributed by atoms with E-state index in [4.69, 9.17) is 0 Å². The van der Waals surface area contributed by atoms with E-state index in [-0.39, 0.29) is 12.0 Å². The number of benzene rings is 2. The van der Waals surface area contributed by atoms with Crippen LogP contribution in [0.25, 0.3) is 0 Å². The average molecular weight is 438 g/mol. The fourth-order valence-corrected chi connectivity index (χ4v) is 2.92. The summed E-state index contributed by atoms with van der Waals surface area (Å²) in [7, 11) is 0. The summed E-state index contributed by atoms with van der Waals surface area (Å²) in [5.41, 5.74) is 1.51. The van der Waals surface area contributed by atoms with Crippen molar-refractivity contribution < 1.29 is 14.3 Å². The number of halogens is 1. The van der Waals surface area contributed by atoms with Crippen molar-refractivity contribution in [1.82, 2.24) is 15.3 Å². The predicted octanol–water partition coefficient (Wildman–Crippen LogP) is 4.54. The Bertz CT molecular complexity index is 1070. The first-order chi connectivity index (χ1) is 15.1. The molecule has 0 aliphatic carbocycles. The minimum absolute atomic E-state index is 0.260. The van der Waals surface area contributed by atoms with Crippen LogP contribution in [0.4, 0.5) is 26.6 Å². The lowest BCUT2D eigenvalue weighted by molar-refractivity contribution is 0.0646. The largest absolute Gasteiger partial charge is 0.388 e. The molecule has 0 aliphatic rings. The monoisotopic (exact) mass is 437 g/mol. The second-order valence-corrected chi connectivity index (χ2v) is 8.16. The van der Waals surface area contributed by atoms with Gasteiger partial charge in [-0.1, -0.05) is 24.3 Å². The molecule has 3 rings (SSSR count). The van der Waals surface area contributed by atoms with Crippen LogP contribution < -0.4 is 15.5 Å². The molecule has 8 heteroatoms. The number of nitrogens with one attached hydrogen (secondary N) is 2. The lowest BCUT2D eigenvalue weighted by atomic mass is 10.0. The number of carbonyl (C=O) groups is 1. The summed E-state index contributed by atoms with van der Waals surface area (Å²) < 4.78 is 13.5. The zero-order chi connectivity index (χ0) is 23.3. The van der Waals surface area contributed by atoms with Crippen molar-refractivity contribution >= 4 is 23.5 Å². The second kappa shape index (κ2) is 9.74. The molecule has 0 radical (unpaired) electrons. The molecule has 168 valence electrons. The van der Waals surface area contributed by atoms with Crippen molar-refractivity contribution in [1.29, 1.82) is 0 Å². The van der Waals surface area contributed by atoms with E-state index in [0.29, 0.717) is 18.1 Å². The van der Waals surface area contributed by atoms with Gasteiger partial charge < -0.3 is 15.7 Å². The number of urea groups is 1. The molecule has 0 saturated carbocycles. The highest BCUT2D eigenvalue weighted by atomic mass is 19.1. The first-order valence-corrected chi connectivity index (χ1v) is 10.3. The quantitative estimate of drug-likeness (QED) is 0.505. The predicted molar refractivity (Wildman–Crippen MR) is 123 cm³/mol. The summed E-state index contributed by atoms with van der Waals surface area (Å²) in [6.07, 6.45) is 1.52. The van der Waals surface area contributed by atoms with Crippen LogP contribution in [-0.4, -0.2) is 32.7 Å². The highest BCUT2D eigenvalue weighted by Crippen LogP contribution is 2.25. The zero-order valence-electron chi connectivity index (χ0n) is 18.6. The molecule has 0 aliphatic heterocycles. The number of amides is 2. The Morgan fingerprint density at radius 3 is 2.50 bits per heavy atom. The third-order valence-corrected chi connectivity index (χ3v) is 5.25. The molecule has 0 fully saturated rings. The van der Waals surface area contributed by atoms with Gasteiger partial charge in [-0.05, 0) is 63.1 Å². The fraction of sp³-hybridized carbons (Fsp3) is 0.292. The Labute approximate surface area is 187 Å². The van der Waals surface area contributed by atoms with Gasteiger partial charge in [0.05, 0.1) is 17.3 Å². The molecular weight excluding hydrogens is 409 g/mol. The highest BCUT2D eigenvalue weighted by Gasteiger charge is 2.24. The van der Waals surface area contributed by atoms with E-state index in [1.165, 1.54) is 35.4 Å². The highest BCUT2D eigenvalue weighted by molar-refractivity contribution is 5.98. The number of aromatic nitrogens is 2. The van der Waals surface area contributed by atoms with Crippen molar-refractivity contribution in [2.75, 3.05) is 10.2 Å². The van der Waals surface area contributed by atoms with E-state index in [1.54, 1.807) is 19.9 Å². The summed E-state index contributed by atoms with van der Waals surface area (Å²) in [6.45, 7) is 7.47. The molecule has 0 spiro atoms. The van der Waals surface area contributed by atoms with Gasteiger partial charge in [0.15, 0.2) is 0 Å². The molecule has 0 bridgehead atoms. The zero-order valence-corrected chi connectivity index (χ0v) is 18.6. The number of carbonyl (C=O) groups excluding carboxylic acids is 1. The van der Waals surface area contributed by atoms with Crippen molar-refractivity contribution in [3.05, 3.63) is 77.7 Å². The van der Waals surface area contributed by atoms with E-state index in [9.17, 15) is 14.3 Å². The summed E-state index contributed by atoms with van der Waals surface area (Å²) in [5, 5.41) is 16.2. The average Bonchev–Trinajstić information content (AvgIpc) is 2.74. The maximum absolute atomic E-state index is 13.5. The molecule has 2 amide bonds. The summed E-state index contributed by atoms with van der Waals surface area (Å²) >= 11 is 0. The maximum Gasteiger partial charge on any atom is 0.327 e. The Kier molecular flexibility index (Phi) is 7.05. The van der Waals surface area contributed by atoms with Crippen LogP contribution in [0.1, 0.15) is 31.9 Å². The van der Waals surface area contributed by atoms with Gasteiger partial charge in [0, 0.05) is 18.8 Å². The van der Waals surface area contributed by atoms with Gasteiger partial charge in [-0.3, -0.25) is 0 Å². The van der Waals surface area contributed by atoms with Gasteiger partial charge in [0.25, 0.3) is 0 Å². The molecule has 2 aromatic carbocycles. The van der Waals surface area contributed by atoms with Crippen LogP contribution in [0.15, 0.2) is 60.8 Å². The van der Waals surface area contributed by atoms with E-state index in [0.717, 1.165) is 11.1 Å². The lowest BCUT2D eigenvalue weighted by Gasteiger charge is -2.27. The van der Waals surface area contributed by atoms with E-state index in [2.05, 4.69) is 20.6 Å². The van der Waals surface area contributed by atoms with Gasteiger partial charge in [0.1, 0.15) is 11.6 Å². The van der Waals surface area contributed by atoms with Crippen LogP contribution in [0.5, 0.6) is 0 Å². The van der Waals surface area contributed by atoms with Gasteiger partial charge in [-0.2, -0.15) is 4.98 Å². The summed E-state index contributed by atoms with van der Waals surface area (Å²) in [4.78, 5) is 23.2.